The van der Waals surface area contributed by atoms with Crippen molar-refractivity contribution in [2.45, 2.75) is 26.2 Å². The van der Waals surface area contributed by atoms with Crippen molar-refractivity contribution in [3.05, 3.63) is 71.3 Å². The number of amides is 2. The Labute approximate surface area is 161 Å². The van der Waals surface area contributed by atoms with Crippen molar-refractivity contribution < 1.29 is 14.0 Å². The van der Waals surface area contributed by atoms with Crippen LogP contribution in [0.1, 0.15) is 29.3 Å². The van der Waals surface area contributed by atoms with Crippen LogP contribution in [0.2, 0.25) is 0 Å². The highest BCUT2D eigenvalue weighted by molar-refractivity contribution is 6.05. The zero-order valence-corrected chi connectivity index (χ0v) is 15.5. The molecule has 0 spiro atoms. The van der Waals surface area contributed by atoms with E-state index in [0.717, 1.165) is 11.4 Å². The Kier molecular flexibility index (Phi) is 4.43. The van der Waals surface area contributed by atoms with Crippen LogP contribution in [0.15, 0.2) is 48.5 Å². The molecule has 1 atom stereocenters. The van der Waals surface area contributed by atoms with Gasteiger partial charge in [0.15, 0.2) is 0 Å². The Bertz CT molecular complexity index is 1080. The van der Waals surface area contributed by atoms with E-state index >= 15 is 0 Å². The van der Waals surface area contributed by atoms with E-state index in [2.05, 4.69) is 15.7 Å². The highest BCUT2D eigenvalue weighted by Gasteiger charge is 2.32. The molecular weight excluding hydrogens is 359 g/mol. The second-order valence-electron chi connectivity index (χ2n) is 6.82. The second kappa shape index (κ2) is 6.92. The van der Waals surface area contributed by atoms with Crippen LogP contribution in [0.25, 0.3) is 5.69 Å². The molecule has 0 saturated carbocycles. The van der Waals surface area contributed by atoms with Crippen molar-refractivity contribution in [1.29, 1.82) is 0 Å². The zero-order valence-electron chi connectivity index (χ0n) is 15.5. The molecular formula is C21H19FN4O2. The predicted octanol–water partition coefficient (Wildman–Crippen LogP) is 3.69. The fraction of sp³-hybridized carbons (Fsp3) is 0.190. The zero-order chi connectivity index (χ0) is 19.8. The maximum Gasteiger partial charge on any atom is 0.232 e. The molecule has 0 saturated heterocycles. The van der Waals surface area contributed by atoms with Gasteiger partial charge in [0.2, 0.25) is 11.8 Å². The first-order valence-corrected chi connectivity index (χ1v) is 8.96. The molecule has 7 heteroatoms. The Balaban J connectivity index is 1.65. The van der Waals surface area contributed by atoms with Crippen molar-refractivity contribution in [1.82, 2.24) is 9.78 Å². The maximum atomic E-state index is 13.5. The third-order valence-corrected chi connectivity index (χ3v) is 4.91. The summed E-state index contributed by atoms with van der Waals surface area (Å²) in [6.45, 7) is 3.69. The number of aryl methyl sites for hydroxylation is 1. The number of carbonyl (C=O) groups is 2. The number of carbonyl (C=O) groups excluding carboxylic acids is 2. The van der Waals surface area contributed by atoms with Gasteiger partial charge in [-0.05, 0) is 43.7 Å². The summed E-state index contributed by atoms with van der Waals surface area (Å²) in [5.74, 6) is -1.78. The summed E-state index contributed by atoms with van der Waals surface area (Å²) in [6, 6.07) is 13.7. The predicted molar refractivity (Wildman–Crippen MR) is 104 cm³/mol. The van der Waals surface area contributed by atoms with Gasteiger partial charge < -0.3 is 10.6 Å². The van der Waals surface area contributed by atoms with Crippen LogP contribution in [-0.4, -0.2) is 21.6 Å². The number of nitrogens with one attached hydrogen (secondary N) is 2. The lowest BCUT2D eigenvalue weighted by molar-refractivity contribution is -0.123. The molecule has 0 fully saturated rings. The molecule has 2 aromatic carbocycles. The lowest BCUT2D eigenvalue weighted by atomic mass is 9.89. The first kappa shape index (κ1) is 17.9. The third-order valence-electron chi connectivity index (χ3n) is 4.91. The van der Waals surface area contributed by atoms with Crippen molar-refractivity contribution in [3.8, 4) is 5.69 Å². The molecule has 28 heavy (non-hydrogen) atoms. The number of anilines is 2. The number of halogens is 1. The third kappa shape index (κ3) is 3.15. The van der Waals surface area contributed by atoms with Gasteiger partial charge in [-0.3, -0.25) is 9.59 Å². The number of rotatable bonds is 3. The van der Waals surface area contributed by atoms with E-state index in [9.17, 15) is 14.0 Å². The van der Waals surface area contributed by atoms with Gasteiger partial charge in [-0.15, -0.1) is 0 Å². The normalized spacial score (nSPS) is 15.7. The minimum Gasteiger partial charge on any atom is -0.326 e. The molecule has 1 aliphatic heterocycles. The van der Waals surface area contributed by atoms with Gasteiger partial charge in [0, 0.05) is 12.1 Å². The van der Waals surface area contributed by atoms with Crippen molar-refractivity contribution in [2.24, 2.45) is 0 Å². The molecule has 2 heterocycles. The molecule has 3 aromatic rings. The van der Waals surface area contributed by atoms with Crippen LogP contribution >= 0.6 is 0 Å². The number of fused-ring (bicyclic) bond motifs is 1. The van der Waals surface area contributed by atoms with Gasteiger partial charge in [0.1, 0.15) is 5.82 Å². The standard InChI is InChI=1S/C21H19FN4O2/c1-12-20(13(2)26(25-12)15-6-4-3-5-7-15)24-21(28)17-11-19(27)23-18-10-14(22)8-9-16(17)18/h3-10,17H,11H2,1-2H3,(H,23,27)(H,24,28)/t17-/m1/s1. The molecule has 0 bridgehead atoms. The highest BCUT2D eigenvalue weighted by Crippen LogP contribution is 2.34. The van der Waals surface area contributed by atoms with E-state index in [1.807, 2.05) is 44.2 Å². The number of hydrogen-bond acceptors (Lipinski definition) is 3. The summed E-state index contributed by atoms with van der Waals surface area (Å²) in [6.07, 6.45) is 0.00931. The van der Waals surface area contributed by atoms with E-state index in [1.165, 1.54) is 12.1 Å². The van der Waals surface area contributed by atoms with Gasteiger partial charge in [-0.2, -0.15) is 5.10 Å². The Morgan fingerprint density at radius 1 is 1.21 bits per heavy atom. The van der Waals surface area contributed by atoms with E-state index in [1.54, 1.807) is 10.7 Å². The fourth-order valence-electron chi connectivity index (χ4n) is 3.53. The largest absolute Gasteiger partial charge is 0.326 e. The fourth-order valence-corrected chi connectivity index (χ4v) is 3.53. The van der Waals surface area contributed by atoms with E-state index in [-0.39, 0.29) is 18.2 Å². The van der Waals surface area contributed by atoms with Crippen molar-refractivity contribution >= 4 is 23.2 Å². The first-order valence-electron chi connectivity index (χ1n) is 8.96. The lowest BCUT2D eigenvalue weighted by Gasteiger charge is -2.25. The molecule has 142 valence electrons. The number of hydrogen-bond donors (Lipinski definition) is 2. The molecule has 1 aromatic heterocycles. The summed E-state index contributed by atoms with van der Waals surface area (Å²) in [5, 5.41) is 10.1. The number of para-hydroxylation sites is 1. The lowest BCUT2D eigenvalue weighted by Crippen LogP contribution is -2.31. The first-order chi connectivity index (χ1) is 13.4. The van der Waals surface area contributed by atoms with Crippen LogP contribution < -0.4 is 10.6 Å². The van der Waals surface area contributed by atoms with Gasteiger partial charge >= 0.3 is 0 Å². The Hall–Kier alpha value is -3.48. The summed E-state index contributed by atoms with van der Waals surface area (Å²) in [4.78, 5) is 25.0. The molecule has 2 N–H and O–H groups in total. The quantitative estimate of drug-likeness (QED) is 0.730. The minimum atomic E-state index is -0.691. The summed E-state index contributed by atoms with van der Waals surface area (Å²) >= 11 is 0. The Morgan fingerprint density at radius 3 is 2.71 bits per heavy atom. The molecule has 0 aliphatic carbocycles. The average Bonchev–Trinajstić information content (AvgIpc) is 2.96. The second-order valence-corrected chi connectivity index (χ2v) is 6.82. The van der Waals surface area contributed by atoms with E-state index in [4.69, 9.17) is 0 Å². The van der Waals surface area contributed by atoms with Crippen LogP contribution in [0, 0.1) is 19.7 Å². The number of benzene rings is 2. The molecule has 0 radical (unpaired) electrons. The van der Waals surface area contributed by atoms with Gasteiger partial charge in [-0.1, -0.05) is 24.3 Å². The Morgan fingerprint density at radius 2 is 1.96 bits per heavy atom. The van der Waals surface area contributed by atoms with Crippen LogP contribution in [0.3, 0.4) is 0 Å². The number of aromatic nitrogens is 2. The van der Waals surface area contributed by atoms with E-state index < -0.39 is 11.7 Å². The smallest absolute Gasteiger partial charge is 0.232 e. The highest BCUT2D eigenvalue weighted by atomic mass is 19.1. The molecule has 6 nitrogen and oxygen atoms in total. The topological polar surface area (TPSA) is 76.0 Å². The van der Waals surface area contributed by atoms with Gasteiger partial charge in [0.05, 0.1) is 28.7 Å². The van der Waals surface area contributed by atoms with Crippen LogP contribution in [0.5, 0.6) is 0 Å². The van der Waals surface area contributed by atoms with Crippen LogP contribution in [-0.2, 0) is 9.59 Å². The minimum absolute atomic E-state index is 0.00931. The average molecular weight is 378 g/mol. The molecule has 2 amide bonds. The van der Waals surface area contributed by atoms with Crippen molar-refractivity contribution in [3.63, 3.8) is 0 Å². The maximum absolute atomic E-state index is 13.5. The van der Waals surface area contributed by atoms with E-state index in [0.29, 0.717) is 22.6 Å². The van der Waals surface area contributed by atoms with Gasteiger partial charge in [-0.25, -0.2) is 9.07 Å². The van der Waals surface area contributed by atoms with Crippen LogP contribution in [0.4, 0.5) is 15.8 Å². The molecule has 0 unspecified atom stereocenters. The molecule has 4 rings (SSSR count). The number of nitrogens with zero attached hydrogens (tertiary/aromatic N) is 2. The molecule has 1 aliphatic rings. The summed E-state index contributed by atoms with van der Waals surface area (Å²) in [7, 11) is 0. The SMILES string of the molecule is Cc1nn(-c2ccccc2)c(C)c1NC(=O)[C@@H]1CC(=O)Nc2cc(F)ccc21. The monoisotopic (exact) mass is 378 g/mol. The summed E-state index contributed by atoms with van der Waals surface area (Å²) in [5.41, 5.74) is 3.91. The summed E-state index contributed by atoms with van der Waals surface area (Å²) < 4.78 is 15.3. The van der Waals surface area contributed by atoms with Gasteiger partial charge in [0.25, 0.3) is 0 Å². The van der Waals surface area contributed by atoms with Crippen molar-refractivity contribution in [2.75, 3.05) is 10.6 Å².